The number of pyridine rings is 1. The van der Waals surface area contributed by atoms with Gasteiger partial charge in [-0.25, -0.2) is 4.68 Å². The molecule has 1 aromatic heterocycles. The summed E-state index contributed by atoms with van der Waals surface area (Å²) in [7, 11) is 1.29. The van der Waals surface area contributed by atoms with Gasteiger partial charge in [0.1, 0.15) is 0 Å². The standard InChI is InChI=1S/C17H17ClN2O5/c1-10-3-4-20(17(22)12(10)6-16(21)23-2)19-8-11-5-14-15(7-13(11)18)25-9-24-14/h3-5,7,19H,6,8-9H2,1-2H3. The van der Waals surface area contributed by atoms with Crippen LogP contribution in [0.15, 0.2) is 29.2 Å². The van der Waals surface area contributed by atoms with Crippen molar-refractivity contribution in [2.45, 2.75) is 19.9 Å². The molecule has 2 aromatic rings. The van der Waals surface area contributed by atoms with Gasteiger partial charge in [0.05, 0.1) is 20.1 Å². The van der Waals surface area contributed by atoms with Crippen LogP contribution in [0.3, 0.4) is 0 Å². The highest BCUT2D eigenvalue weighted by Gasteiger charge is 2.17. The van der Waals surface area contributed by atoms with Crippen LogP contribution in [0.4, 0.5) is 0 Å². The van der Waals surface area contributed by atoms with Crippen molar-refractivity contribution in [2.24, 2.45) is 0 Å². The number of aryl methyl sites for hydroxylation is 1. The van der Waals surface area contributed by atoms with Crippen molar-refractivity contribution in [3.05, 3.63) is 56.5 Å². The third-order valence-corrected chi connectivity index (χ3v) is 4.31. The molecule has 0 aliphatic carbocycles. The number of methoxy groups -OCH3 is 1. The summed E-state index contributed by atoms with van der Waals surface area (Å²) in [6.07, 6.45) is 1.54. The predicted molar refractivity (Wildman–Crippen MR) is 91.8 cm³/mol. The van der Waals surface area contributed by atoms with Gasteiger partial charge in [-0.05, 0) is 30.2 Å². The summed E-state index contributed by atoms with van der Waals surface area (Å²) in [4.78, 5) is 24.0. The number of nitrogens with zero attached hydrogens (tertiary/aromatic N) is 1. The van der Waals surface area contributed by atoms with E-state index in [0.717, 1.165) is 11.1 Å². The van der Waals surface area contributed by atoms with Crippen LogP contribution < -0.4 is 20.5 Å². The van der Waals surface area contributed by atoms with Crippen LogP contribution >= 0.6 is 11.6 Å². The topological polar surface area (TPSA) is 78.8 Å². The second kappa shape index (κ2) is 7.06. The maximum Gasteiger partial charge on any atom is 0.310 e. The number of carbonyl (C=O) groups excluding carboxylic acids is 1. The van der Waals surface area contributed by atoms with Gasteiger partial charge in [-0.1, -0.05) is 11.6 Å². The molecule has 0 fully saturated rings. The highest BCUT2D eigenvalue weighted by Crippen LogP contribution is 2.36. The predicted octanol–water partition coefficient (Wildman–Crippen LogP) is 2.00. The monoisotopic (exact) mass is 364 g/mol. The highest BCUT2D eigenvalue weighted by atomic mass is 35.5. The molecular formula is C17H17ClN2O5. The maximum absolute atomic E-state index is 12.5. The minimum absolute atomic E-state index is 0.0749. The van der Waals surface area contributed by atoms with Crippen molar-refractivity contribution in [2.75, 3.05) is 19.3 Å². The van der Waals surface area contributed by atoms with E-state index in [-0.39, 0.29) is 18.8 Å². The third-order valence-electron chi connectivity index (χ3n) is 3.96. The highest BCUT2D eigenvalue weighted by molar-refractivity contribution is 6.31. The summed E-state index contributed by atoms with van der Waals surface area (Å²) in [6, 6.07) is 5.21. The van der Waals surface area contributed by atoms with Crippen LogP contribution in [0.5, 0.6) is 11.5 Å². The van der Waals surface area contributed by atoms with E-state index in [0.29, 0.717) is 28.6 Å². The second-order valence-electron chi connectivity index (χ2n) is 5.54. The Bertz CT molecular complexity index is 878. The molecule has 2 heterocycles. The van der Waals surface area contributed by atoms with E-state index < -0.39 is 5.97 Å². The van der Waals surface area contributed by atoms with Crippen molar-refractivity contribution in [3.63, 3.8) is 0 Å². The molecule has 1 N–H and O–H groups in total. The van der Waals surface area contributed by atoms with Crippen molar-refractivity contribution in [1.29, 1.82) is 0 Å². The quantitative estimate of drug-likeness (QED) is 0.817. The largest absolute Gasteiger partial charge is 0.469 e. The molecule has 8 heteroatoms. The SMILES string of the molecule is COC(=O)Cc1c(C)ccn(NCc2cc3c(cc2Cl)OCO3)c1=O. The lowest BCUT2D eigenvalue weighted by Crippen LogP contribution is -2.32. The van der Waals surface area contributed by atoms with Gasteiger partial charge in [-0.15, -0.1) is 0 Å². The van der Waals surface area contributed by atoms with Gasteiger partial charge in [0.2, 0.25) is 6.79 Å². The molecule has 0 atom stereocenters. The van der Waals surface area contributed by atoms with Gasteiger partial charge in [0, 0.05) is 22.8 Å². The number of nitrogens with one attached hydrogen (secondary N) is 1. The molecule has 0 spiro atoms. The van der Waals surface area contributed by atoms with E-state index in [1.54, 1.807) is 31.3 Å². The van der Waals surface area contributed by atoms with E-state index in [9.17, 15) is 9.59 Å². The molecule has 1 aromatic carbocycles. The summed E-state index contributed by atoms with van der Waals surface area (Å²) in [5.74, 6) is 0.752. The Balaban J connectivity index is 1.81. The number of esters is 1. The summed E-state index contributed by atoms with van der Waals surface area (Å²) >= 11 is 6.23. The smallest absolute Gasteiger partial charge is 0.310 e. The number of carbonyl (C=O) groups is 1. The number of fused-ring (bicyclic) bond motifs is 1. The summed E-state index contributed by atoms with van der Waals surface area (Å²) in [5, 5.41) is 0.506. The Morgan fingerprint density at radius 3 is 2.80 bits per heavy atom. The van der Waals surface area contributed by atoms with Gasteiger partial charge < -0.3 is 19.6 Å². The van der Waals surface area contributed by atoms with E-state index in [4.69, 9.17) is 21.1 Å². The minimum Gasteiger partial charge on any atom is -0.469 e. The number of ether oxygens (including phenoxy) is 3. The fourth-order valence-electron chi connectivity index (χ4n) is 2.49. The van der Waals surface area contributed by atoms with Gasteiger partial charge >= 0.3 is 5.97 Å². The van der Waals surface area contributed by atoms with E-state index in [1.165, 1.54) is 11.8 Å². The molecule has 0 saturated heterocycles. The lowest BCUT2D eigenvalue weighted by molar-refractivity contribution is -0.139. The fraction of sp³-hybridized carbons (Fsp3) is 0.294. The van der Waals surface area contributed by atoms with Crippen LogP contribution in [0.25, 0.3) is 0 Å². The van der Waals surface area contributed by atoms with Crippen LogP contribution in [-0.4, -0.2) is 24.5 Å². The summed E-state index contributed by atoms with van der Waals surface area (Å²) < 4.78 is 16.6. The summed E-state index contributed by atoms with van der Waals surface area (Å²) in [5.41, 5.74) is 4.56. The van der Waals surface area contributed by atoms with Gasteiger partial charge in [0.25, 0.3) is 5.56 Å². The van der Waals surface area contributed by atoms with Crippen molar-refractivity contribution >= 4 is 17.6 Å². The normalized spacial score (nSPS) is 12.1. The molecule has 132 valence electrons. The number of benzene rings is 1. The zero-order valence-electron chi connectivity index (χ0n) is 13.8. The number of hydrogen-bond donors (Lipinski definition) is 1. The van der Waals surface area contributed by atoms with Crippen LogP contribution in [-0.2, 0) is 22.5 Å². The maximum atomic E-state index is 12.5. The number of halogens is 1. The fourth-order valence-corrected chi connectivity index (χ4v) is 2.71. The van der Waals surface area contributed by atoms with Crippen LogP contribution in [0, 0.1) is 6.92 Å². The van der Waals surface area contributed by atoms with E-state index in [2.05, 4.69) is 10.2 Å². The van der Waals surface area contributed by atoms with Gasteiger partial charge in [-0.3, -0.25) is 9.59 Å². The third kappa shape index (κ3) is 3.56. The molecule has 1 aliphatic heterocycles. The van der Waals surface area contributed by atoms with E-state index >= 15 is 0 Å². The molecule has 0 radical (unpaired) electrons. The van der Waals surface area contributed by atoms with Crippen molar-refractivity contribution < 1.29 is 19.0 Å². The first-order valence-corrected chi connectivity index (χ1v) is 7.97. The molecule has 25 heavy (non-hydrogen) atoms. The summed E-state index contributed by atoms with van der Waals surface area (Å²) in [6.45, 7) is 2.24. The Morgan fingerprint density at radius 2 is 2.08 bits per heavy atom. The molecule has 0 bridgehead atoms. The van der Waals surface area contributed by atoms with E-state index in [1.807, 2.05) is 0 Å². The zero-order chi connectivity index (χ0) is 18.0. The van der Waals surface area contributed by atoms with Crippen molar-refractivity contribution in [3.8, 4) is 11.5 Å². The van der Waals surface area contributed by atoms with Crippen LogP contribution in [0.2, 0.25) is 5.02 Å². The minimum atomic E-state index is -0.461. The molecule has 0 saturated carbocycles. The average molecular weight is 365 g/mol. The zero-order valence-corrected chi connectivity index (χ0v) is 14.6. The average Bonchev–Trinajstić information content (AvgIpc) is 3.04. The lowest BCUT2D eigenvalue weighted by Gasteiger charge is -2.13. The molecule has 0 amide bonds. The lowest BCUT2D eigenvalue weighted by atomic mass is 10.1. The Labute approximate surface area is 149 Å². The molecular weight excluding hydrogens is 348 g/mol. The number of hydrogen-bond acceptors (Lipinski definition) is 6. The Hall–Kier alpha value is -2.67. The number of aromatic nitrogens is 1. The first-order chi connectivity index (χ1) is 12.0. The first kappa shape index (κ1) is 17.2. The second-order valence-corrected chi connectivity index (χ2v) is 5.94. The molecule has 0 unspecified atom stereocenters. The van der Waals surface area contributed by atoms with Crippen LogP contribution in [0.1, 0.15) is 16.7 Å². The molecule has 7 nitrogen and oxygen atoms in total. The van der Waals surface area contributed by atoms with Crippen molar-refractivity contribution in [1.82, 2.24) is 4.68 Å². The molecule has 3 rings (SSSR count). The Morgan fingerprint density at radius 1 is 1.36 bits per heavy atom. The molecule has 1 aliphatic rings. The Kier molecular flexibility index (Phi) is 4.85. The van der Waals surface area contributed by atoms with Gasteiger partial charge in [-0.2, -0.15) is 0 Å². The first-order valence-electron chi connectivity index (χ1n) is 7.59. The number of rotatable bonds is 5. The van der Waals surface area contributed by atoms with Gasteiger partial charge in [0.15, 0.2) is 11.5 Å².